The molecule has 0 saturated carbocycles. The average Bonchev–Trinajstić information content (AvgIpc) is 3.39. The molecule has 2 aromatic rings. The fourth-order valence-corrected chi connectivity index (χ4v) is 5.55. The van der Waals surface area contributed by atoms with E-state index in [1.165, 1.54) is 30.3 Å². The maximum absolute atomic E-state index is 13.6. The first-order chi connectivity index (χ1) is 17.7. The molecule has 2 aliphatic heterocycles. The molecule has 2 aromatic carbocycles. The number of benzene rings is 2. The lowest BCUT2D eigenvalue weighted by molar-refractivity contribution is -0.138. The van der Waals surface area contributed by atoms with Gasteiger partial charge in [0.25, 0.3) is 0 Å². The van der Waals surface area contributed by atoms with Crippen molar-refractivity contribution in [1.29, 1.82) is 5.26 Å². The zero-order valence-electron chi connectivity index (χ0n) is 21.8. The monoisotopic (exact) mass is 527 g/mol. The topological polar surface area (TPSA) is 84.6 Å². The average molecular weight is 528 g/mol. The van der Waals surface area contributed by atoms with E-state index < -0.39 is 23.1 Å². The smallest absolute Gasteiger partial charge is 0.416 e. The Balaban J connectivity index is 1.62. The first-order valence-electron chi connectivity index (χ1n) is 12.8. The van der Waals surface area contributed by atoms with E-state index in [-0.39, 0.29) is 28.5 Å². The minimum absolute atomic E-state index is 0.0148. The highest BCUT2D eigenvalue weighted by atomic mass is 19.4. The molecule has 0 spiro atoms. The summed E-state index contributed by atoms with van der Waals surface area (Å²) >= 11 is 0. The van der Waals surface area contributed by atoms with Crippen LogP contribution in [0, 0.1) is 17.2 Å². The molecule has 2 heterocycles. The molecule has 202 valence electrons. The molecule has 4 rings (SSSR count). The summed E-state index contributed by atoms with van der Waals surface area (Å²) in [7, 11) is 0. The number of carbonyl (C=O) groups excluding carboxylic acids is 1. The number of carboxylic acids is 1. The summed E-state index contributed by atoms with van der Waals surface area (Å²) < 4.78 is 40.8. The van der Waals surface area contributed by atoms with E-state index in [2.05, 4.69) is 31.7 Å². The number of nitriles is 1. The molecule has 1 amide bonds. The fraction of sp³-hybridized carbons (Fsp3) is 0.483. The second kappa shape index (κ2) is 10.1. The van der Waals surface area contributed by atoms with Gasteiger partial charge in [-0.3, -0.25) is 9.69 Å². The molecule has 1 atom stereocenters. The van der Waals surface area contributed by atoms with Gasteiger partial charge in [-0.1, -0.05) is 18.2 Å². The van der Waals surface area contributed by atoms with Crippen LogP contribution in [0.15, 0.2) is 42.5 Å². The summed E-state index contributed by atoms with van der Waals surface area (Å²) in [6.45, 7) is 8.60. The Hall–Kier alpha value is -3.38. The molecule has 38 heavy (non-hydrogen) atoms. The third kappa shape index (κ3) is 5.41. The number of carbonyl (C=O) groups is 2. The number of aromatic carboxylic acids is 1. The van der Waals surface area contributed by atoms with Gasteiger partial charge in [0.15, 0.2) is 0 Å². The van der Waals surface area contributed by atoms with Gasteiger partial charge in [0.1, 0.15) is 0 Å². The summed E-state index contributed by atoms with van der Waals surface area (Å²) in [5.74, 6) is -1.17. The molecule has 2 fully saturated rings. The maximum Gasteiger partial charge on any atom is 0.416 e. The van der Waals surface area contributed by atoms with Crippen LogP contribution in [0.2, 0.25) is 0 Å². The number of hydrogen-bond acceptors (Lipinski definition) is 4. The molecule has 2 aliphatic rings. The molecule has 0 radical (unpaired) electrons. The van der Waals surface area contributed by atoms with Crippen molar-refractivity contribution >= 4 is 11.9 Å². The van der Waals surface area contributed by atoms with Crippen molar-refractivity contribution < 1.29 is 27.9 Å². The number of hydrogen-bond donors (Lipinski definition) is 1. The van der Waals surface area contributed by atoms with Gasteiger partial charge in [0.05, 0.1) is 28.5 Å². The van der Waals surface area contributed by atoms with Crippen molar-refractivity contribution in [3.8, 4) is 17.2 Å². The van der Waals surface area contributed by atoms with Crippen LogP contribution < -0.4 is 0 Å². The molecule has 6 nitrogen and oxygen atoms in total. The predicted molar refractivity (Wildman–Crippen MR) is 136 cm³/mol. The van der Waals surface area contributed by atoms with E-state index in [0.29, 0.717) is 43.6 Å². The third-order valence-electron chi connectivity index (χ3n) is 7.93. The summed E-state index contributed by atoms with van der Waals surface area (Å²) in [6, 6.07) is 11.4. The first kappa shape index (κ1) is 27.6. The molecule has 2 saturated heterocycles. The SMILES string of the molecule is CC(C)(C)N1CC[C@H](C(=O)N2CCC(C#N)(c3ccc(C(F)(F)F)cc3-c3ccc(C(=O)O)cc3)CC2)C1. The molecule has 1 N–H and O–H groups in total. The molecule has 9 heteroatoms. The highest BCUT2D eigenvalue weighted by Gasteiger charge is 2.43. The van der Waals surface area contributed by atoms with Crippen molar-refractivity contribution in [2.45, 2.75) is 57.2 Å². The minimum atomic E-state index is -4.58. The normalized spacial score (nSPS) is 20.2. The Morgan fingerprint density at radius 3 is 2.16 bits per heavy atom. The van der Waals surface area contributed by atoms with Gasteiger partial charge >= 0.3 is 12.1 Å². The minimum Gasteiger partial charge on any atom is -0.478 e. The Labute approximate surface area is 220 Å². The van der Waals surface area contributed by atoms with Crippen molar-refractivity contribution in [2.75, 3.05) is 26.2 Å². The van der Waals surface area contributed by atoms with Crippen molar-refractivity contribution in [1.82, 2.24) is 9.80 Å². The van der Waals surface area contributed by atoms with Crippen LogP contribution in [-0.2, 0) is 16.4 Å². The van der Waals surface area contributed by atoms with E-state index in [1.54, 1.807) is 4.90 Å². The largest absolute Gasteiger partial charge is 0.478 e. The standard InChI is InChI=1S/C29H32F3N3O3/c1-27(2,3)35-13-10-21(17-35)25(36)34-14-11-28(18-33,12-15-34)24-9-8-22(29(30,31)32)16-23(24)19-4-6-20(7-5-19)26(37)38/h4-9,16,21H,10-15,17H2,1-3H3,(H,37,38)/t21-/m0/s1. The van der Waals surface area contributed by atoms with Crippen molar-refractivity contribution in [2.24, 2.45) is 5.92 Å². The number of amides is 1. The summed E-state index contributed by atoms with van der Waals surface area (Å²) in [5.41, 5.74) is -0.816. The van der Waals surface area contributed by atoms with Crippen LogP contribution in [0.4, 0.5) is 13.2 Å². The van der Waals surface area contributed by atoms with Crippen LogP contribution in [0.25, 0.3) is 11.1 Å². The maximum atomic E-state index is 13.6. The van der Waals surface area contributed by atoms with Crippen molar-refractivity contribution in [3.05, 3.63) is 59.2 Å². The van der Waals surface area contributed by atoms with Gasteiger partial charge in [-0.25, -0.2) is 4.79 Å². The number of likely N-dealkylation sites (tertiary alicyclic amines) is 2. The first-order valence-corrected chi connectivity index (χ1v) is 12.8. The number of piperidine rings is 1. The van der Waals surface area contributed by atoms with E-state index in [0.717, 1.165) is 25.1 Å². The highest BCUT2D eigenvalue weighted by Crippen LogP contribution is 2.43. The lowest BCUT2D eigenvalue weighted by atomic mass is 9.71. The Bertz CT molecular complexity index is 1250. The number of rotatable bonds is 4. The van der Waals surface area contributed by atoms with E-state index in [4.69, 9.17) is 0 Å². The summed E-state index contributed by atoms with van der Waals surface area (Å²) in [4.78, 5) is 28.6. The lowest BCUT2D eigenvalue weighted by Gasteiger charge is -2.39. The van der Waals surface area contributed by atoms with Gasteiger partial charge in [0, 0.05) is 25.2 Å². The summed E-state index contributed by atoms with van der Waals surface area (Å²) in [6.07, 6.45) is -3.19. The molecule has 0 unspecified atom stereocenters. The van der Waals surface area contributed by atoms with Crippen LogP contribution in [-0.4, -0.2) is 58.5 Å². The van der Waals surface area contributed by atoms with Crippen LogP contribution in [0.1, 0.15) is 61.5 Å². The van der Waals surface area contributed by atoms with Crippen LogP contribution in [0.5, 0.6) is 0 Å². The van der Waals surface area contributed by atoms with Gasteiger partial charge in [-0.05, 0) is 87.5 Å². The highest BCUT2D eigenvalue weighted by molar-refractivity contribution is 5.88. The number of alkyl halides is 3. The van der Waals surface area contributed by atoms with Gasteiger partial charge in [-0.15, -0.1) is 0 Å². The third-order valence-corrected chi connectivity index (χ3v) is 7.93. The zero-order chi connectivity index (χ0) is 27.9. The quantitative estimate of drug-likeness (QED) is 0.562. The molecule has 0 aliphatic carbocycles. The molecular formula is C29H32F3N3O3. The van der Waals surface area contributed by atoms with E-state index >= 15 is 0 Å². The second-order valence-electron chi connectivity index (χ2n) is 11.3. The Morgan fingerprint density at radius 2 is 1.66 bits per heavy atom. The van der Waals surface area contributed by atoms with Gasteiger partial charge in [0.2, 0.25) is 5.91 Å². The second-order valence-corrected chi connectivity index (χ2v) is 11.3. The van der Waals surface area contributed by atoms with Crippen LogP contribution in [0.3, 0.4) is 0 Å². The fourth-order valence-electron chi connectivity index (χ4n) is 5.55. The van der Waals surface area contributed by atoms with Crippen LogP contribution >= 0.6 is 0 Å². The molecule has 0 bridgehead atoms. The predicted octanol–water partition coefficient (Wildman–Crippen LogP) is 5.57. The molecular weight excluding hydrogens is 495 g/mol. The number of carboxylic acid groups (broad SMARTS) is 1. The number of halogens is 3. The van der Waals surface area contributed by atoms with Crippen molar-refractivity contribution in [3.63, 3.8) is 0 Å². The van der Waals surface area contributed by atoms with Gasteiger partial charge < -0.3 is 10.0 Å². The molecule has 0 aromatic heterocycles. The van der Waals surface area contributed by atoms with E-state index in [9.17, 15) is 33.1 Å². The Kier molecular flexibility index (Phi) is 7.32. The van der Waals surface area contributed by atoms with E-state index in [1.807, 2.05) is 0 Å². The summed E-state index contributed by atoms with van der Waals surface area (Å²) in [5, 5.41) is 19.5. The Morgan fingerprint density at radius 1 is 1.03 bits per heavy atom. The lowest BCUT2D eigenvalue weighted by Crippen LogP contribution is -2.47. The number of nitrogens with zero attached hydrogens (tertiary/aromatic N) is 3. The zero-order valence-corrected chi connectivity index (χ0v) is 21.8. The van der Waals surface area contributed by atoms with Gasteiger partial charge in [-0.2, -0.15) is 18.4 Å².